The van der Waals surface area contributed by atoms with Crippen molar-refractivity contribution in [2.45, 2.75) is 52.1 Å². The molecular formula is C20H27N3O2. The third-order valence-electron chi connectivity index (χ3n) is 4.87. The fourth-order valence-corrected chi connectivity index (χ4v) is 3.51. The van der Waals surface area contributed by atoms with Crippen molar-refractivity contribution in [3.8, 4) is 0 Å². The molecule has 0 radical (unpaired) electrons. The lowest BCUT2D eigenvalue weighted by Crippen LogP contribution is -2.40. The maximum absolute atomic E-state index is 12.6. The van der Waals surface area contributed by atoms with Crippen molar-refractivity contribution in [1.82, 2.24) is 15.4 Å². The van der Waals surface area contributed by atoms with Crippen LogP contribution < -0.4 is 5.32 Å². The second kappa shape index (κ2) is 7.83. The number of aryl methyl sites for hydroxylation is 1. The van der Waals surface area contributed by atoms with Crippen LogP contribution in [0, 0.1) is 6.92 Å². The van der Waals surface area contributed by atoms with Crippen molar-refractivity contribution in [2.24, 2.45) is 0 Å². The van der Waals surface area contributed by atoms with E-state index in [9.17, 15) is 4.79 Å². The van der Waals surface area contributed by atoms with Gasteiger partial charge in [-0.25, -0.2) is 0 Å². The minimum absolute atomic E-state index is 0.0750. The molecule has 2 aromatic rings. The highest BCUT2D eigenvalue weighted by atomic mass is 16.5. The third-order valence-corrected chi connectivity index (χ3v) is 4.87. The van der Waals surface area contributed by atoms with E-state index in [-0.39, 0.29) is 11.8 Å². The summed E-state index contributed by atoms with van der Waals surface area (Å²) in [5, 5.41) is 7.06. The Morgan fingerprint density at radius 2 is 2.12 bits per heavy atom. The molecule has 134 valence electrons. The van der Waals surface area contributed by atoms with Gasteiger partial charge in [0.25, 0.3) is 5.91 Å². The van der Waals surface area contributed by atoms with E-state index in [4.69, 9.17) is 4.52 Å². The Hall–Kier alpha value is -2.14. The minimum atomic E-state index is -0.0750. The normalized spacial score (nSPS) is 18.0. The first-order chi connectivity index (χ1) is 12.1. The molecular weight excluding hydrogens is 314 g/mol. The predicted octanol–water partition coefficient (Wildman–Crippen LogP) is 3.50. The highest BCUT2D eigenvalue weighted by Gasteiger charge is 2.27. The monoisotopic (exact) mass is 341 g/mol. The summed E-state index contributed by atoms with van der Waals surface area (Å²) in [5.41, 5.74) is 2.58. The largest absolute Gasteiger partial charge is 0.360 e. The number of carbonyl (C=O) groups excluding carboxylic acids is 1. The van der Waals surface area contributed by atoms with Gasteiger partial charge in [0.1, 0.15) is 5.56 Å². The Morgan fingerprint density at radius 1 is 1.36 bits per heavy atom. The van der Waals surface area contributed by atoms with E-state index < -0.39 is 0 Å². The number of carbonyl (C=O) groups is 1. The standard InChI is InChI=1S/C20H27N3O2/c1-14(2)19-18(15(3)22-25-19)20(24)21-12-17-10-7-11-23(17)13-16-8-5-4-6-9-16/h4-6,8-9,14,17H,7,10-13H2,1-3H3,(H,21,24)/t17-/m0/s1. The molecule has 0 bridgehead atoms. The molecule has 1 fully saturated rings. The number of hydrogen-bond donors (Lipinski definition) is 1. The summed E-state index contributed by atoms with van der Waals surface area (Å²) in [7, 11) is 0. The lowest BCUT2D eigenvalue weighted by atomic mass is 10.0. The zero-order chi connectivity index (χ0) is 17.8. The third kappa shape index (κ3) is 4.10. The van der Waals surface area contributed by atoms with Crippen LogP contribution >= 0.6 is 0 Å². The van der Waals surface area contributed by atoms with Crippen molar-refractivity contribution >= 4 is 5.91 Å². The van der Waals surface area contributed by atoms with E-state index in [0.717, 1.165) is 19.5 Å². The molecule has 1 N–H and O–H groups in total. The quantitative estimate of drug-likeness (QED) is 0.874. The van der Waals surface area contributed by atoms with Crippen molar-refractivity contribution < 1.29 is 9.32 Å². The van der Waals surface area contributed by atoms with E-state index in [0.29, 0.717) is 29.6 Å². The molecule has 5 heteroatoms. The van der Waals surface area contributed by atoms with Gasteiger partial charge in [0, 0.05) is 25.0 Å². The van der Waals surface area contributed by atoms with Gasteiger partial charge in [-0.15, -0.1) is 0 Å². The molecule has 0 saturated carbocycles. The zero-order valence-corrected chi connectivity index (χ0v) is 15.3. The fraction of sp³-hybridized carbons (Fsp3) is 0.500. The SMILES string of the molecule is Cc1noc(C(C)C)c1C(=O)NC[C@@H]1CCCN1Cc1ccccc1. The first-order valence-corrected chi connectivity index (χ1v) is 9.08. The van der Waals surface area contributed by atoms with E-state index in [1.807, 2.05) is 26.8 Å². The van der Waals surface area contributed by atoms with Crippen LogP contribution in [0.4, 0.5) is 0 Å². The van der Waals surface area contributed by atoms with Gasteiger partial charge in [0.2, 0.25) is 0 Å². The van der Waals surface area contributed by atoms with E-state index in [1.165, 1.54) is 12.0 Å². The van der Waals surface area contributed by atoms with E-state index in [2.05, 4.69) is 39.6 Å². The lowest BCUT2D eigenvalue weighted by Gasteiger charge is -2.24. The fourth-order valence-electron chi connectivity index (χ4n) is 3.51. The van der Waals surface area contributed by atoms with Gasteiger partial charge in [0.15, 0.2) is 5.76 Å². The van der Waals surface area contributed by atoms with Gasteiger partial charge < -0.3 is 9.84 Å². The molecule has 1 aliphatic heterocycles. The van der Waals surface area contributed by atoms with Crippen molar-refractivity contribution in [3.63, 3.8) is 0 Å². The molecule has 25 heavy (non-hydrogen) atoms. The number of rotatable bonds is 6. The molecule has 1 atom stereocenters. The summed E-state index contributed by atoms with van der Waals surface area (Å²) in [5.74, 6) is 0.736. The van der Waals surface area contributed by atoms with Crippen LogP contribution in [-0.2, 0) is 6.54 Å². The zero-order valence-electron chi connectivity index (χ0n) is 15.3. The molecule has 0 aliphatic carbocycles. The Morgan fingerprint density at radius 3 is 2.84 bits per heavy atom. The van der Waals surface area contributed by atoms with Crippen LogP contribution in [0.3, 0.4) is 0 Å². The van der Waals surface area contributed by atoms with Crippen LogP contribution in [0.1, 0.15) is 60.0 Å². The highest BCUT2D eigenvalue weighted by Crippen LogP contribution is 2.23. The summed E-state index contributed by atoms with van der Waals surface area (Å²) < 4.78 is 5.33. The molecule has 1 aromatic heterocycles. The summed E-state index contributed by atoms with van der Waals surface area (Å²) in [6.45, 7) is 8.52. The van der Waals surface area contributed by atoms with Crippen LogP contribution in [-0.4, -0.2) is 35.1 Å². The van der Waals surface area contributed by atoms with Crippen molar-refractivity contribution in [1.29, 1.82) is 0 Å². The maximum Gasteiger partial charge on any atom is 0.256 e. The van der Waals surface area contributed by atoms with Crippen LogP contribution in [0.15, 0.2) is 34.9 Å². The second-order valence-electron chi connectivity index (χ2n) is 7.12. The Labute approximate surface area is 149 Å². The number of aromatic nitrogens is 1. The average Bonchev–Trinajstić information content (AvgIpc) is 3.20. The van der Waals surface area contributed by atoms with Crippen LogP contribution in [0.25, 0.3) is 0 Å². The number of nitrogens with zero attached hydrogens (tertiary/aromatic N) is 2. The molecule has 1 saturated heterocycles. The van der Waals surface area contributed by atoms with E-state index in [1.54, 1.807) is 0 Å². The molecule has 1 aromatic carbocycles. The van der Waals surface area contributed by atoms with Gasteiger partial charge in [0.05, 0.1) is 5.69 Å². The average molecular weight is 341 g/mol. The number of amides is 1. The molecule has 0 spiro atoms. The van der Waals surface area contributed by atoms with Gasteiger partial charge in [-0.3, -0.25) is 9.69 Å². The maximum atomic E-state index is 12.6. The Bertz CT molecular complexity index is 709. The molecule has 2 heterocycles. The van der Waals surface area contributed by atoms with Gasteiger partial charge in [-0.1, -0.05) is 49.3 Å². The van der Waals surface area contributed by atoms with Crippen molar-refractivity contribution in [2.75, 3.05) is 13.1 Å². The second-order valence-corrected chi connectivity index (χ2v) is 7.12. The first-order valence-electron chi connectivity index (χ1n) is 9.08. The Kier molecular flexibility index (Phi) is 5.53. The molecule has 5 nitrogen and oxygen atoms in total. The summed E-state index contributed by atoms with van der Waals surface area (Å²) >= 11 is 0. The molecule has 1 amide bonds. The number of nitrogens with one attached hydrogen (secondary N) is 1. The van der Waals surface area contributed by atoms with Crippen LogP contribution in [0.2, 0.25) is 0 Å². The molecule has 1 aliphatic rings. The topological polar surface area (TPSA) is 58.4 Å². The minimum Gasteiger partial charge on any atom is -0.360 e. The number of likely N-dealkylation sites (tertiary alicyclic amines) is 1. The summed E-state index contributed by atoms with van der Waals surface area (Å²) in [6, 6.07) is 10.9. The summed E-state index contributed by atoms with van der Waals surface area (Å²) in [6.07, 6.45) is 2.30. The Balaban J connectivity index is 1.61. The van der Waals surface area contributed by atoms with Crippen molar-refractivity contribution in [3.05, 3.63) is 52.9 Å². The first kappa shape index (κ1) is 17.7. The van der Waals surface area contributed by atoms with Gasteiger partial charge in [-0.05, 0) is 31.9 Å². The number of hydrogen-bond acceptors (Lipinski definition) is 4. The predicted molar refractivity (Wildman–Crippen MR) is 97.5 cm³/mol. The van der Waals surface area contributed by atoms with Gasteiger partial charge >= 0.3 is 0 Å². The molecule has 3 rings (SSSR count). The highest BCUT2D eigenvalue weighted by molar-refractivity contribution is 5.96. The number of benzene rings is 1. The van der Waals surface area contributed by atoms with Crippen LogP contribution in [0.5, 0.6) is 0 Å². The smallest absolute Gasteiger partial charge is 0.256 e. The van der Waals surface area contributed by atoms with Gasteiger partial charge in [-0.2, -0.15) is 0 Å². The lowest BCUT2D eigenvalue weighted by molar-refractivity contribution is 0.0936. The molecule has 0 unspecified atom stereocenters. The van der Waals surface area contributed by atoms with E-state index >= 15 is 0 Å². The summed E-state index contributed by atoms with van der Waals surface area (Å²) in [4.78, 5) is 15.1.